The molecular weight excluding hydrogens is 374 g/mol. The second-order valence-corrected chi connectivity index (χ2v) is 7.43. The van der Waals surface area contributed by atoms with Gasteiger partial charge in [-0.05, 0) is 42.6 Å². The first-order chi connectivity index (χ1) is 12.9. The van der Waals surface area contributed by atoms with Gasteiger partial charge in [-0.1, -0.05) is 11.9 Å². The van der Waals surface area contributed by atoms with Crippen LogP contribution in [-0.2, 0) is 28.9 Å². The monoisotopic (exact) mass is 393 g/mol. The second-order valence-electron chi connectivity index (χ2n) is 6.32. The molecule has 0 saturated heterocycles. The molecule has 0 spiro atoms. The molecule has 1 amide bonds. The van der Waals surface area contributed by atoms with Gasteiger partial charge in [-0.25, -0.2) is 4.79 Å². The normalized spacial score (nSPS) is 15.9. The number of hydrogen-bond acceptors (Lipinski definition) is 8. The quantitative estimate of drug-likeness (QED) is 0.452. The molecule has 11 heteroatoms. The summed E-state index contributed by atoms with van der Waals surface area (Å²) in [5.41, 5.74) is 1.37. The van der Waals surface area contributed by atoms with Crippen LogP contribution in [0, 0.1) is 16.0 Å². The van der Waals surface area contributed by atoms with Crippen LogP contribution < -0.4 is 5.32 Å². The van der Waals surface area contributed by atoms with Crippen LogP contribution in [0.25, 0.3) is 0 Å². The highest BCUT2D eigenvalue weighted by Crippen LogP contribution is 2.40. The fourth-order valence-electron chi connectivity index (χ4n) is 3.02. The van der Waals surface area contributed by atoms with E-state index in [1.807, 2.05) is 0 Å². The van der Waals surface area contributed by atoms with E-state index in [0.717, 1.165) is 40.7 Å². The molecule has 2 aromatic rings. The van der Waals surface area contributed by atoms with Gasteiger partial charge in [-0.2, -0.15) is 4.68 Å². The summed E-state index contributed by atoms with van der Waals surface area (Å²) in [6, 6.07) is 0. The predicted octanol–water partition coefficient (Wildman–Crippen LogP) is 2.19. The summed E-state index contributed by atoms with van der Waals surface area (Å²) in [5, 5.41) is 17.4. The molecule has 0 radical (unpaired) electrons. The van der Waals surface area contributed by atoms with Gasteiger partial charge in [0.1, 0.15) is 11.5 Å². The average Bonchev–Trinajstić information content (AvgIpc) is 3.18. The molecule has 3 rings (SSSR count). The molecule has 0 aliphatic heterocycles. The highest BCUT2D eigenvalue weighted by molar-refractivity contribution is 7.17. The molecule has 144 valence electrons. The third-order valence-electron chi connectivity index (χ3n) is 4.24. The Hall–Kier alpha value is -2.82. The maximum absolute atomic E-state index is 12.4. The Bertz CT molecular complexity index is 890. The van der Waals surface area contributed by atoms with Gasteiger partial charge in [0.25, 0.3) is 0 Å². The molecule has 1 aliphatic rings. The molecule has 0 unspecified atom stereocenters. The van der Waals surface area contributed by atoms with Crippen LogP contribution in [0.15, 0.2) is 6.33 Å². The van der Waals surface area contributed by atoms with Gasteiger partial charge in [0, 0.05) is 9.98 Å². The molecular formula is C16H19N5O5S. The topological polar surface area (TPSA) is 129 Å². The zero-order chi connectivity index (χ0) is 19.6. The van der Waals surface area contributed by atoms with Gasteiger partial charge in [0.05, 0.1) is 12.2 Å². The van der Waals surface area contributed by atoms with Crippen LogP contribution in [0.3, 0.4) is 0 Å². The van der Waals surface area contributed by atoms with E-state index in [-0.39, 0.29) is 13.2 Å². The third-order valence-corrected chi connectivity index (χ3v) is 5.41. The van der Waals surface area contributed by atoms with Crippen molar-refractivity contribution in [3.8, 4) is 0 Å². The Labute approximate surface area is 158 Å². The maximum Gasteiger partial charge on any atom is 0.490 e. The number of nitrogens with one attached hydrogen (secondary N) is 1. The minimum atomic E-state index is -0.734. The van der Waals surface area contributed by atoms with E-state index in [1.54, 1.807) is 6.92 Å². The van der Waals surface area contributed by atoms with Crippen LogP contribution >= 0.6 is 11.3 Å². The number of aromatic nitrogens is 3. The highest BCUT2D eigenvalue weighted by atomic mass is 32.1. The lowest BCUT2D eigenvalue weighted by atomic mass is 9.88. The summed E-state index contributed by atoms with van der Waals surface area (Å²) in [4.78, 5) is 39.3. The van der Waals surface area contributed by atoms with E-state index < -0.39 is 22.7 Å². The van der Waals surface area contributed by atoms with Crippen molar-refractivity contribution in [2.24, 2.45) is 5.92 Å². The van der Waals surface area contributed by atoms with Crippen LogP contribution in [-0.4, -0.2) is 38.2 Å². The van der Waals surface area contributed by atoms with E-state index in [1.165, 1.54) is 11.3 Å². The predicted molar refractivity (Wildman–Crippen MR) is 96.8 cm³/mol. The van der Waals surface area contributed by atoms with Gasteiger partial charge in [0.2, 0.25) is 12.2 Å². The number of anilines is 1. The number of ether oxygens (including phenoxy) is 1. The van der Waals surface area contributed by atoms with Crippen molar-refractivity contribution in [3.63, 3.8) is 0 Å². The van der Waals surface area contributed by atoms with E-state index in [9.17, 15) is 19.7 Å². The smallest absolute Gasteiger partial charge is 0.462 e. The van der Waals surface area contributed by atoms with E-state index in [0.29, 0.717) is 16.5 Å². The molecule has 0 bridgehead atoms. The number of fused-ring (bicyclic) bond motifs is 1. The summed E-state index contributed by atoms with van der Waals surface area (Å²) in [6.45, 7) is 3.88. The number of amides is 1. The lowest BCUT2D eigenvalue weighted by Crippen LogP contribution is -2.20. The molecule has 2 aromatic heterocycles. The van der Waals surface area contributed by atoms with Crippen LogP contribution in [0.2, 0.25) is 0 Å². The van der Waals surface area contributed by atoms with E-state index in [2.05, 4.69) is 22.3 Å². The van der Waals surface area contributed by atoms with Crippen molar-refractivity contribution in [2.45, 2.75) is 39.7 Å². The fraction of sp³-hybridized carbons (Fsp3) is 0.500. The van der Waals surface area contributed by atoms with Gasteiger partial charge in [-0.15, -0.1) is 11.3 Å². The molecule has 1 atom stereocenters. The number of esters is 1. The summed E-state index contributed by atoms with van der Waals surface area (Å²) >= 11 is 1.38. The Balaban J connectivity index is 1.81. The summed E-state index contributed by atoms with van der Waals surface area (Å²) in [5.74, 6) is -0.954. The van der Waals surface area contributed by atoms with Gasteiger partial charge in [-0.3, -0.25) is 4.79 Å². The molecule has 2 heterocycles. The lowest BCUT2D eigenvalue weighted by molar-refractivity contribution is -0.394. The molecule has 1 aliphatic carbocycles. The Morgan fingerprint density at radius 3 is 2.96 bits per heavy atom. The van der Waals surface area contributed by atoms with Crippen molar-refractivity contribution in [1.82, 2.24) is 14.8 Å². The Kier molecular flexibility index (Phi) is 5.49. The maximum atomic E-state index is 12.4. The number of rotatable bonds is 6. The third kappa shape index (κ3) is 4.13. The van der Waals surface area contributed by atoms with Crippen LogP contribution in [0.4, 0.5) is 10.9 Å². The molecule has 1 N–H and O–H groups in total. The number of hydrogen-bond donors (Lipinski definition) is 1. The number of nitro groups is 1. The number of carbonyl (C=O) groups is 2. The summed E-state index contributed by atoms with van der Waals surface area (Å²) in [7, 11) is 0. The molecule has 10 nitrogen and oxygen atoms in total. The van der Waals surface area contributed by atoms with Crippen LogP contribution in [0.5, 0.6) is 0 Å². The molecule has 0 aromatic carbocycles. The largest absolute Gasteiger partial charge is 0.490 e. The lowest BCUT2D eigenvalue weighted by Gasteiger charge is -2.18. The number of carbonyl (C=O) groups excluding carboxylic acids is 2. The van der Waals surface area contributed by atoms with Gasteiger partial charge >= 0.3 is 11.9 Å². The standard InChI is InChI=1S/C16H19N5O5S/c1-3-26-15(23)13-10-5-4-9(2)6-11(10)27-14(13)18-12(22)7-20-8-17-16(19-20)21(24)25/h8-9H,3-7H2,1-2H3,(H,18,22)/t9-/m1/s1. The van der Waals surface area contributed by atoms with Crippen LogP contribution in [0.1, 0.15) is 41.1 Å². The zero-order valence-corrected chi connectivity index (χ0v) is 15.7. The van der Waals surface area contributed by atoms with E-state index in [4.69, 9.17) is 4.74 Å². The van der Waals surface area contributed by atoms with Crippen molar-refractivity contribution >= 4 is 34.2 Å². The highest BCUT2D eigenvalue weighted by Gasteiger charge is 2.29. The SMILES string of the molecule is CCOC(=O)c1c(NC(=O)Cn2cnc([N+](=O)[O-])n2)sc2c1CC[C@@H](C)C2. The van der Waals surface area contributed by atoms with E-state index >= 15 is 0 Å². The Morgan fingerprint density at radius 2 is 2.30 bits per heavy atom. The van der Waals surface area contributed by atoms with Crippen molar-refractivity contribution in [2.75, 3.05) is 11.9 Å². The van der Waals surface area contributed by atoms with Gasteiger partial charge in [0.15, 0.2) is 0 Å². The Morgan fingerprint density at radius 1 is 1.52 bits per heavy atom. The van der Waals surface area contributed by atoms with Crippen molar-refractivity contribution in [1.29, 1.82) is 0 Å². The molecule has 0 saturated carbocycles. The minimum absolute atomic E-state index is 0.246. The first kappa shape index (κ1) is 19.0. The number of nitrogens with zero attached hydrogens (tertiary/aromatic N) is 4. The zero-order valence-electron chi connectivity index (χ0n) is 14.9. The van der Waals surface area contributed by atoms with Crippen molar-refractivity contribution in [3.05, 3.63) is 32.4 Å². The first-order valence-electron chi connectivity index (χ1n) is 8.54. The van der Waals surface area contributed by atoms with Gasteiger partial charge < -0.3 is 20.2 Å². The molecule has 27 heavy (non-hydrogen) atoms. The number of thiophene rings is 1. The average molecular weight is 393 g/mol. The summed E-state index contributed by atoms with van der Waals surface area (Å²) < 4.78 is 6.24. The summed E-state index contributed by atoms with van der Waals surface area (Å²) in [6.07, 6.45) is 3.72. The first-order valence-corrected chi connectivity index (χ1v) is 9.36. The van der Waals surface area contributed by atoms with Crippen molar-refractivity contribution < 1.29 is 19.2 Å². The fourth-order valence-corrected chi connectivity index (χ4v) is 4.43. The molecule has 0 fully saturated rings. The minimum Gasteiger partial charge on any atom is -0.462 e. The second kappa shape index (κ2) is 7.82.